The SMILES string of the molecule is COc1ccc(F)c(C(C)(C)CO)c1OC. The Bertz CT molecular complexity index is 375. The summed E-state index contributed by atoms with van der Waals surface area (Å²) in [7, 11) is 2.94. The Labute approximate surface area is 94.8 Å². The zero-order chi connectivity index (χ0) is 12.3. The molecule has 0 fully saturated rings. The van der Waals surface area contributed by atoms with Crippen LogP contribution in [0.4, 0.5) is 4.39 Å². The fourth-order valence-corrected chi connectivity index (χ4v) is 1.61. The number of hydrogen-bond donors (Lipinski definition) is 1. The average molecular weight is 228 g/mol. The molecule has 1 aromatic rings. The molecule has 3 nitrogen and oxygen atoms in total. The van der Waals surface area contributed by atoms with E-state index in [-0.39, 0.29) is 6.61 Å². The summed E-state index contributed by atoms with van der Waals surface area (Å²) in [6.45, 7) is 3.31. The van der Waals surface area contributed by atoms with E-state index in [0.29, 0.717) is 17.1 Å². The van der Waals surface area contributed by atoms with E-state index in [9.17, 15) is 9.50 Å². The molecule has 0 aliphatic carbocycles. The highest BCUT2D eigenvalue weighted by Crippen LogP contribution is 2.39. The van der Waals surface area contributed by atoms with Crippen molar-refractivity contribution < 1.29 is 19.0 Å². The number of hydrogen-bond acceptors (Lipinski definition) is 3. The smallest absolute Gasteiger partial charge is 0.167 e. The minimum Gasteiger partial charge on any atom is -0.493 e. The van der Waals surface area contributed by atoms with E-state index in [1.54, 1.807) is 13.8 Å². The van der Waals surface area contributed by atoms with Crippen molar-refractivity contribution in [2.24, 2.45) is 0 Å². The summed E-state index contributed by atoms with van der Waals surface area (Å²) < 4.78 is 24.0. The van der Waals surface area contributed by atoms with Gasteiger partial charge in [-0.25, -0.2) is 4.39 Å². The Hall–Kier alpha value is -1.29. The second kappa shape index (κ2) is 4.70. The van der Waals surface area contributed by atoms with Crippen LogP contribution in [0.2, 0.25) is 0 Å². The average Bonchev–Trinajstić information content (AvgIpc) is 2.28. The zero-order valence-electron chi connectivity index (χ0n) is 10.0. The van der Waals surface area contributed by atoms with Crippen LogP contribution in [0.25, 0.3) is 0 Å². The first-order chi connectivity index (χ1) is 7.47. The molecular formula is C12H17FO3. The second-order valence-electron chi connectivity index (χ2n) is 4.20. The van der Waals surface area contributed by atoms with Gasteiger partial charge in [-0.15, -0.1) is 0 Å². The van der Waals surface area contributed by atoms with Gasteiger partial charge in [-0.1, -0.05) is 13.8 Å². The lowest BCUT2D eigenvalue weighted by atomic mass is 9.84. The fraction of sp³-hybridized carbons (Fsp3) is 0.500. The van der Waals surface area contributed by atoms with Gasteiger partial charge >= 0.3 is 0 Å². The largest absolute Gasteiger partial charge is 0.493 e. The first-order valence-corrected chi connectivity index (χ1v) is 4.99. The molecule has 0 heterocycles. The molecular weight excluding hydrogens is 211 g/mol. The van der Waals surface area contributed by atoms with Crippen LogP contribution in [0.3, 0.4) is 0 Å². The number of methoxy groups -OCH3 is 2. The molecule has 1 N–H and O–H groups in total. The molecule has 0 spiro atoms. The summed E-state index contributed by atoms with van der Waals surface area (Å²) in [5, 5.41) is 9.29. The Balaban J connectivity index is 3.46. The summed E-state index contributed by atoms with van der Waals surface area (Å²) in [6.07, 6.45) is 0. The summed E-state index contributed by atoms with van der Waals surface area (Å²) >= 11 is 0. The third-order valence-electron chi connectivity index (χ3n) is 2.57. The van der Waals surface area contributed by atoms with Crippen LogP contribution in [0, 0.1) is 5.82 Å². The lowest BCUT2D eigenvalue weighted by Gasteiger charge is -2.26. The number of aliphatic hydroxyl groups is 1. The highest BCUT2D eigenvalue weighted by Gasteiger charge is 2.29. The number of halogens is 1. The fourth-order valence-electron chi connectivity index (χ4n) is 1.61. The third kappa shape index (κ3) is 2.11. The molecule has 1 aromatic carbocycles. The molecule has 0 bridgehead atoms. The highest BCUT2D eigenvalue weighted by atomic mass is 19.1. The molecule has 0 aliphatic heterocycles. The van der Waals surface area contributed by atoms with Crippen LogP contribution in [0.5, 0.6) is 11.5 Å². The van der Waals surface area contributed by atoms with Gasteiger partial charge in [0.1, 0.15) is 5.82 Å². The predicted molar refractivity (Wildman–Crippen MR) is 59.6 cm³/mol. The lowest BCUT2D eigenvalue weighted by Crippen LogP contribution is -2.24. The third-order valence-corrected chi connectivity index (χ3v) is 2.57. The van der Waals surface area contributed by atoms with Crippen molar-refractivity contribution in [2.45, 2.75) is 19.3 Å². The summed E-state index contributed by atoms with van der Waals surface area (Å²) in [6, 6.07) is 2.82. The van der Waals surface area contributed by atoms with Crippen LogP contribution in [0.15, 0.2) is 12.1 Å². The topological polar surface area (TPSA) is 38.7 Å². The molecule has 0 aliphatic rings. The standard InChI is InChI=1S/C12H17FO3/c1-12(2,7-14)10-8(13)5-6-9(15-3)11(10)16-4/h5-6,14H,7H2,1-4H3. The summed E-state index contributed by atoms with van der Waals surface area (Å²) in [5.41, 5.74) is -0.388. The van der Waals surface area contributed by atoms with Crippen molar-refractivity contribution in [3.63, 3.8) is 0 Å². The molecule has 90 valence electrons. The Morgan fingerprint density at radius 2 is 1.88 bits per heavy atom. The minimum absolute atomic E-state index is 0.173. The maximum atomic E-state index is 13.8. The quantitative estimate of drug-likeness (QED) is 0.857. The molecule has 0 atom stereocenters. The zero-order valence-corrected chi connectivity index (χ0v) is 10.0. The summed E-state index contributed by atoms with van der Waals surface area (Å²) in [4.78, 5) is 0. The lowest BCUT2D eigenvalue weighted by molar-refractivity contribution is 0.209. The van der Waals surface area contributed by atoms with Gasteiger partial charge in [-0.2, -0.15) is 0 Å². The number of aliphatic hydroxyl groups excluding tert-OH is 1. The van der Waals surface area contributed by atoms with Crippen LogP contribution in [-0.2, 0) is 5.41 Å². The maximum Gasteiger partial charge on any atom is 0.167 e. The van der Waals surface area contributed by atoms with E-state index in [2.05, 4.69) is 0 Å². The van der Waals surface area contributed by atoms with E-state index in [1.807, 2.05) is 0 Å². The van der Waals surface area contributed by atoms with Gasteiger partial charge < -0.3 is 14.6 Å². The van der Waals surface area contributed by atoms with Gasteiger partial charge in [0.15, 0.2) is 11.5 Å². The molecule has 0 unspecified atom stereocenters. The van der Waals surface area contributed by atoms with Gasteiger partial charge in [-0.05, 0) is 12.1 Å². The van der Waals surface area contributed by atoms with Crippen LogP contribution < -0.4 is 9.47 Å². The van der Waals surface area contributed by atoms with E-state index in [4.69, 9.17) is 9.47 Å². The maximum absolute atomic E-state index is 13.8. The molecule has 1 rings (SSSR count). The first-order valence-electron chi connectivity index (χ1n) is 4.99. The number of rotatable bonds is 4. The molecule has 16 heavy (non-hydrogen) atoms. The molecule has 0 amide bonds. The minimum atomic E-state index is -0.718. The normalized spacial score (nSPS) is 11.4. The second-order valence-corrected chi connectivity index (χ2v) is 4.20. The predicted octanol–water partition coefficient (Wildman–Crippen LogP) is 2.11. The van der Waals surface area contributed by atoms with Gasteiger partial charge in [0.25, 0.3) is 0 Å². The number of benzene rings is 1. The van der Waals surface area contributed by atoms with Crippen LogP contribution in [-0.4, -0.2) is 25.9 Å². The molecule has 0 saturated heterocycles. The van der Waals surface area contributed by atoms with Crippen molar-refractivity contribution in [2.75, 3.05) is 20.8 Å². The van der Waals surface area contributed by atoms with Crippen molar-refractivity contribution in [3.05, 3.63) is 23.5 Å². The van der Waals surface area contributed by atoms with Crippen LogP contribution >= 0.6 is 0 Å². The molecule has 4 heteroatoms. The Morgan fingerprint density at radius 1 is 1.25 bits per heavy atom. The van der Waals surface area contributed by atoms with Gasteiger partial charge in [0, 0.05) is 11.0 Å². The van der Waals surface area contributed by atoms with E-state index in [0.717, 1.165) is 0 Å². The van der Waals surface area contributed by atoms with Gasteiger partial charge in [-0.3, -0.25) is 0 Å². The van der Waals surface area contributed by atoms with Crippen molar-refractivity contribution >= 4 is 0 Å². The molecule has 0 aromatic heterocycles. The van der Waals surface area contributed by atoms with Crippen LogP contribution in [0.1, 0.15) is 19.4 Å². The molecule has 0 saturated carbocycles. The number of ether oxygens (including phenoxy) is 2. The highest BCUT2D eigenvalue weighted by molar-refractivity contribution is 5.50. The van der Waals surface area contributed by atoms with E-state index in [1.165, 1.54) is 26.4 Å². The van der Waals surface area contributed by atoms with E-state index < -0.39 is 11.2 Å². The van der Waals surface area contributed by atoms with Crippen molar-refractivity contribution in [1.29, 1.82) is 0 Å². The van der Waals surface area contributed by atoms with Gasteiger partial charge in [0.2, 0.25) is 0 Å². The molecule has 0 radical (unpaired) electrons. The van der Waals surface area contributed by atoms with Gasteiger partial charge in [0.05, 0.1) is 20.8 Å². The van der Waals surface area contributed by atoms with E-state index >= 15 is 0 Å². The van der Waals surface area contributed by atoms with Crippen molar-refractivity contribution in [1.82, 2.24) is 0 Å². The summed E-state index contributed by atoms with van der Waals surface area (Å²) in [5.74, 6) is 0.388. The van der Waals surface area contributed by atoms with Crippen molar-refractivity contribution in [3.8, 4) is 11.5 Å². The first kappa shape index (κ1) is 12.8. The monoisotopic (exact) mass is 228 g/mol. The Morgan fingerprint density at radius 3 is 2.31 bits per heavy atom. The Kier molecular flexibility index (Phi) is 3.75.